The highest BCUT2D eigenvalue weighted by Crippen LogP contribution is 2.51. The largest absolute Gasteiger partial charge is 0.316 e. The second kappa shape index (κ2) is 9.16. The number of hydrogen-bond donors (Lipinski definition) is 1. The summed E-state index contributed by atoms with van der Waals surface area (Å²) in [7, 11) is -2.61. The van der Waals surface area contributed by atoms with Crippen molar-refractivity contribution in [1.82, 2.24) is 15.1 Å². The summed E-state index contributed by atoms with van der Waals surface area (Å²) in [4.78, 5) is 0. The Kier molecular flexibility index (Phi) is 6.83. The van der Waals surface area contributed by atoms with Crippen molar-refractivity contribution in [3.63, 3.8) is 0 Å². The summed E-state index contributed by atoms with van der Waals surface area (Å²) < 4.78 is 49.4. The summed E-state index contributed by atoms with van der Waals surface area (Å²) in [6.07, 6.45) is 11.0. The first-order valence-corrected chi connectivity index (χ1v) is 13.9. The van der Waals surface area contributed by atoms with Crippen LogP contribution >= 0.6 is 0 Å². The Balaban J connectivity index is 0.000000128. The molecule has 1 N–H and O–H groups in total. The number of aromatic nitrogens is 2. The van der Waals surface area contributed by atoms with Crippen molar-refractivity contribution >= 4 is 15.4 Å². The van der Waals surface area contributed by atoms with E-state index in [1.54, 1.807) is 25.3 Å². The number of allylic oxidation sites excluding steroid dienone is 2. The fourth-order valence-corrected chi connectivity index (χ4v) is 7.69. The van der Waals surface area contributed by atoms with E-state index in [-0.39, 0.29) is 18.3 Å². The zero-order chi connectivity index (χ0) is 23.0. The van der Waals surface area contributed by atoms with Gasteiger partial charge in [-0.2, -0.15) is 5.10 Å². The van der Waals surface area contributed by atoms with Gasteiger partial charge in [-0.05, 0) is 63.1 Å². The third-order valence-electron chi connectivity index (χ3n) is 7.48. The van der Waals surface area contributed by atoms with Gasteiger partial charge in [0, 0.05) is 37.0 Å². The van der Waals surface area contributed by atoms with Gasteiger partial charge in [0.25, 0.3) is 5.92 Å². The van der Waals surface area contributed by atoms with Crippen LogP contribution in [0.15, 0.2) is 18.3 Å². The van der Waals surface area contributed by atoms with Crippen LogP contribution < -0.4 is 5.32 Å². The molecule has 4 fully saturated rings. The van der Waals surface area contributed by atoms with Gasteiger partial charge in [0.1, 0.15) is 0 Å². The average molecular weight is 470 g/mol. The van der Waals surface area contributed by atoms with Crippen LogP contribution in [0.2, 0.25) is 0 Å². The van der Waals surface area contributed by atoms with Gasteiger partial charge < -0.3 is 5.32 Å². The Labute approximate surface area is 191 Å². The smallest absolute Gasteiger partial charge is 0.251 e. The molecule has 0 amide bonds. The highest BCUT2D eigenvalue weighted by atomic mass is 32.2. The van der Waals surface area contributed by atoms with Crippen LogP contribution in [0.5, 0.6) is 0 Å². The summed E-state index contributed by atoms with van der Waals surface area (Å²) in [5.41, 5.74) is 1.94. The first-order valence-electron chi connectivity index (χ1n) is 12.1. The summed E-state index contributed by atoms with van der Waals surface area (Å²) in [6.45, 7) is 5.99. The number of nitrogens with zero attached hydrogens (tertiary/aromatic N) is 2. The molecule has 2 atom stereocenters. The molecule has 32 heavy (non-hydrogen) atoms. The maximum Gasteiger partial charge on any atom is 0.251 e. The third-order valence-corrected chi connectivity index (χ3v) is 9.58. The summed E-state index contributed by atoms with van der Waals surface area (Å²) >= 11 is 0. The lowest BCUT2D eigenvalue weighted by atomic mass is 9.91. The van der Waals surface area contributed by atoms with Gasteiger partial charge in [-0.3, -0.25) is 4.68 Å². The summed E-state index contributed by atoms with van der Waals surface area (Å²) in [5, 5.41) is 7.57. The third kappa shape index (κ3) is 5.99. The maximum atomic E-state index is 13.0. The van der Waals surface area contributed by atoms with E-state index in [0.717, 1.165) is 30.8 Å². The molecule has 180 valence electrons. The van der Waals surface area contributed by atoms with Crippen LogP contribution in [-0.2, 0) is 9.84 Å². The molecule has 2 aliphatic heterocycles. The minimum atomic E-state index is -2.61. The Hall–Kier alpha value is -1.28. The van der Waals surface area contributed by atoms with Crippen LogP contribution in [-0.4, -0.2) is 48.7 Å². The van der Waals surface area contributed by atoms with Crippen LogP contribution in [0.1, 0.15) is 76.9 Å². The molecular formula is C24H37F2N3O2S. The van der Waals surface area contributed by atoms with Gasteiger partial charge >= 0.3 is 0 Å². The van der Waals surface area contributed by atoms with Gasteiger partial charge in [-0.15, -0.1) is 0 Å². The van der Waals surface area contributed by atoms with Crippen molar-refractivity contribution in [2.24, 2.45) is 17.3 Å². The predicted molar refractivity (Wildman–Crippen MR) is 123 cm³/mol. The summed E-state index contributed by atoms with van der Waals surface area (Å²) in [5.74, 6) is 0.749. The molecule has 1 aromatic heterocycles. The zero-order valence-corrected chi connectivity index (χ0v) is 20.1. The van der Waals surface area contributed by atoms with Gasteiger partial charge in [0.2, 0.25) is 0 Å². The molecule has 0 bridgehead atoms. The molecule has 8 heteroatoms. The zero-order valence-electron chi connectivity index (χ0n) is 19.3. The number of hydrogen-bond acceptors (Lipinski definition) is 4. The number of sulfone groups is 1. The number of halogens is 2. The molecule has 5 aliphatic rings. The predicted octanol–water partition coefficient (Wildman–Crippen LogP) is 4.87. The Morgan fingerprint density at radius 3 is 2.31 bits per heavy atom. The monoisotopic (exact) mass is 469 g/mol. The molecule has 0 radical (unpaired) electrons. The Morgan fingerprint density at radius 1 is 1.19 bits per heavy atom. The van der Waals surface area contributed by atoms with E-state index in [9.17, 15) is 17.2 Å². The van der Waals surface area contributed by atoms with E-state index in [2.05, 4.69) is 10.4 Å². The molecule has 2 saturated carbocycles. The SMILES string of the molecule is C1C[C@@H]2C[C@@H]2C1.CC(C)n1ccc(C2=CCC(F)(F)CC2)n1.O=S1(=O)CC2(CCNC2)C1. The fourth-order valence-electron chi connectivity index (χ4n) is 5.42. The van der Waals surface area contributed by atoms with Crippen LogP contribution in [0.4, 0.5) is 8.78 Å². The molecule has 1 spiro atoms. The minimum absolute atomic E-state index is 0.0621. The van der Waals surface area contributed by atoms with Crippen molar-refractivity contribution in [1.29, 1.82) is 0 Å². The van der Waals surface area contributed by atoms with E-state index in [1.165, 1.54) is 18.3 Å². The normalized spacial score (nSPS) is 30.3. The van der Waals surface area contributed by atoms with E-state index < -0.39 is 15.8 Å². The lowest BCUT2D eigenvalue weighted by Gasteiger charge is -2.36. The summed E-state index contributed by atoms with van der Waals surface area (Å²) in [6, 6.07) is 2.20. The molecular weight excluding hydrogens is 432 g/mol. The maximum absolute atomic E-state index is 13.0. The second-order valence-corrected chi connectivity index (χ2v) is 12.8. The number of nitrogens with one attached hydrogen (secondary N) is 1. The first kappa shape index (κ1) is 23.9. The topological polar surface area (TPSA) is 64.0 Å². The molecule has 6 rings (SSSR count). The quantitative estimate of drug-likeness (QED) is 0.671. The molecule has 0 aromatic carbocycles. The van der Waals surface area contributed by atoms with Crippen molar-refractivity contribution in [3.8, 4) is 0 Å². The van der Waals surface area contributed by atoms with Gasteiger partial charge in [-0.1, -0.05) is 25.3 Å². The molecule has 1 aromatic rings. The molecule has 0 unspecified atom stereocenters. The van der Waals surface area contributed by atoms with Crippen LogP contribution in [0.25, 0.3) is 5.57 Å². The second-order valence-electron chi connectivity index (χ2n) is 10.7. The lowest BCUT2D eigenvalue weighted by molar-refractivity contribution is -0.00606. The number of fused-ring (bicyclic) bond motifs is 1. The Bertz CT molecular complexity index is 911. The van der Waals surface area contributed by atoms with E-state index in [1.807, 2.05) is 30.8 Å². The van der Waals surface area contributed by atoms with Crippen molar-refractivity contribution in [2.45, 2.75) is 77.2 Å². The minimum Gasteiger partial charge on any atom is -0.316 e. The van der Waals surface area contributed by atoms with E-state index >= 15 is 0 Å². The van der Waals surface area contributed by atoms with Crippen LogP contribution in [0.3, 0.4) is 0 Å². The van der Waals surface area contributed by atoms with Crippen molar-refractivity contribution in [3.05, 3.63) is 24.0 Å². The molecule has 3 aliphatic carbocycles. The standard InChI is InChI=1S/C12H16F2N2.C6H11NO2S.C6H10/c1-9(2)16-8-5-11(15-16)10-3-6-12(13,14)7-4-10;8-10(9)4-6(5-10)1-2-7-3-6;1-2-5-4-6(5)3-1/h3,5,8-9H,4,6-7H2,1-2H3;7H,1-5H2;5-6H,1-4H2/t;;5-,6+. The highest BCUT2D eigenvalue weighted by molar-refractivity contribution is 7.92. The van der Waals surface area contributed by atoms with Crippen LogP contribution in [0, 0.1) is 17.3 Å². The first-order chi connectivity index (χ1) is 15.1. The van der Waals surface area contributed by atoms with Gasteiger partial charge in [0.05, 0.1) is 17.2 Å². The van der Waals surface area contributed by atoms with E-state index in [0.29, 0.717) is 24.0 Å². The Morgan fingerprint density at radius 2 is 1.91 bits per heavy atom. The lowest BCUT2D eigenvalue weighted by Crippen LogP contribution is -2.49. The molecule has 2 saturated heterocycles. The fraction of sp³-hybridized carbons (Fsp3) is 0.792. The van der Waals surface area contributed by atoms with Crippen molar-refractivity contribution in [2.75, 3.05) is 24.6 Å². The highest BCUT2D eigenvalue weighted by Gasteiger charge is 2.49. The van der Waals surface area contributed by atoms with Gasteiger partial charge in [0.15, 0.2) is 9.84 Å². The molecule has 5 nitrogen and oxygen atoms in total. The number of rotatable bonds is 2. The van der Waals surface area contributed by atoms with Gasteiger partial charge in [-0.25, -0.2) is 17.2 Å². The number of alkyl halides is 2. The molecule has 3 heterocycles. The van der Waals surface area contributed by atoms with Crippen molar-refractivity contribution < 1.29 is 17.2 Å². The van der Waals surface area contributed by atoms with E-state index in [4.69, 9.17) is 0 Å². The average Bonchev–Trinajstić information content (AvgIpc) is 3.16.